The summed E-state index contributed by atoms with van der Waals surface area (Å²) in [7, 11) is 0. The van der Waals surface area contributed by atoms with E-state index in [0.717, 1.165) is 35.5 Å². The van der Waals surface area contributed by atoms with Gasteiger partial charge >= 0.3 is 0 Å². The van der Waals surface area contributed by atoms with Crippen LogP contribution in [0.5, 0.6) is 0 Å². The second-order valence-electron chi connectivity index (χ2n) is 6.95. The van der Waals surface area contributed by atoms with Crippen LogP contribution in [0.4, 0.5) is 5.69 Å². The largest absolute Gasteiger partial charge is 0.384 e. The van der Waals surface area contributed by atoms with Crippen LogP contribution in [0.1, 0.15) is 41.9 Å². The van der Waals surface area contributed by atoms with E-state index < -0.39 is 0 Å². The van der Waals surface area contributed by atoms with Crippen LogP contribution < -0.4 is 10.6 Å². The Kier molecular flexibility index (Phi) is 5.01. The van der Waals surface area contributed by atoms with Crippen molar-refractivity contribution in [2.24, 2.45) is 5.73 Å². The summed E-state index contributed by atoms with van der Waals surface area (Å²) in [5.41, 5.74) is 9.34. The number of hydrogen-bond donors (Lipinski definition) is 1. The average molecular weight is 410 g/mol. The number of allylic oxidation sites excluding steroid dienone is 3. The van der Waals surface area contributed by atoms with Gasteiger partial charge in [0.05, 0.1) is 17.6 Å². The van der Waals surface area contributed by atoms with E-state index in [2.05, 4.69) is 19.1 Å². The normalized spacial score (nSPS) is 19.7. The van der Waals surface area contributed by atoms with Gasteiger partial charge in [-0.15, -0.1) is 11.3 Å². The second kappa shape index (κ2) is 7.46. The number of halogens is 1. The summed E-state index contributed by atoms with van der Waals surface area (Å²) >= 11 is 7.85. The van der Waals surface area contributed by atoms with Gasteiger partial charge in [0.25, 0.3) is 0 Å². The lowest BCUT2D eigenvalue weighted by atomic mass is 9.78. The molecule has 0 saturated heterocycles. The Morgan fingerprint density at radius 2 is 2.14 bits per heavy atom. The van der Waals surface area contributed by atoms with Gasteiger partial charge in [-0.1, -0.05) is 24.6 Å². The molecule has 0 saturated carbocycles. The molecule has 1 aliphatic heterocycles. The predicted molar refractivity (Wildman–Crippen MR) is 113 cm³/mol. The number of nitrogens with two attached hydrogens (primary N) is 1. The number of ketones is 1. The summed E-state index contributed by atoms with van der Waals surface area (Å²) in [6.07, 6.45) is 2.95. The summed E-state index contributed by atoms with van der Waals surface area (Å²) in [6, 6.07) is 13.8. The zero-order chi connectivity index (χ0) is 19.8. The number of hydrogen-bond acceptors (Lipinski definition) is 5. The maximum absolute atomic E-state index is 13.0. The van der Waals surface area contributed by atoms with E-state index in [1.54, 1.807) is 17.4 Å². The van der Waals surface area contributed by atoms with Crippen LogP contribution in [0.2, 0.25) is 5.02 Å². The molecule has 2 heterocycles. The van der Waals surface area contributed by atoms with Gasteiger partial charge in [-0.05, 0) is 49.6 Å². The molecule has 2 aliphatic rings. The number of nitriles is 1. The van der Waals surface area contributed by atoms with Crippen molar-refractivity contribution in [2.75, 3.05) is 4.90 Å². The van der Waals surface area contributed by atoms with E-state index in [-0.39, 0.29) is 11.7 Å². The second-order valence-corrected chi connectivity index (χ2v) is 8.59. The standard InChI is InChI=1S/C22H20ClN3OS/c1-2-15-9-10-19(28-15)20-16(12-24)22(25)26(14-6-3-5-13(23)11-14)17-7-4-8-18(27)21(17)20/h3,5-6,9-11,20H,2,4,7-8,25H2,1H3/t20-/m0/s1. The summed E-state index contributed by atoms with van der Waals surface area (Å²) in [6.45, 7) is 2.10. The Labute approximate surface area is 173 Å². The Bertz CT molecular complexity index is 1060. The fourth-order valence-electron chi connectivity index (χ4n) is 4.02. The minimum atomic E-state index is -0.381. The van der Waals surface area contributed by atoms with Crippen molar-refractivity contribution in [3.63, 3.8) is 0 Å². The highest BCUT2D eigenvalue weighted by Crippen LogP contribution is 2.47. The molecule has 2 aromatic rings. The van der Waals surface area contributed by atoms with Crippen LogP contribution in [0, 0.1) is 11.3 Å². The van der Waals surface area contributed by atoms with Gasteiger partial charge in [-0.25, -0.2) is 0 Å². The van der Waals surface area contributed by atoms with E-state index >= 15 is 0 Å². The van der Waals surface area contributed by atoms with Crippen molar-refractivity contribution in [3.05, 3.63) is 73.8 Å². The molecule has 1 atom stereocenters. The first-order valence-electron chi connectivity index (χ1n) is 9.35. The third-order valence-corrected chi connectivity index (χ3v) is 6.82. The number of Topliss-reactive ketones (excluding diaryl/α,β-unsaturated/α-hetero) is 1. The SMILES string of the molecule is CCc1ccc([C@@H]2C(C#N)=C(N)N(c3cccc(Cl)c3)C3=C2C(=O)CCC3)s1. The highest BCUT2D eigenvalue weighted by Gasteiger charge is 2.40. The minimum Gasteiger partial charge on any atom is -0.384 e. The number of benzene rings is 1. The molecular weight excluding hydrogens is 390 g/mol. The molecular formula is C22H20ClN3OS. The maximum atomic E-state index is 13.0. The molecule has 0 bridgehead atoms. The van der Waals surface area contributed by atoms with Crippen molar-refractivity contribution < 1.29 is 4.79 Å². The highest BCUT2D eigenvalue weighted by atomic mass is 35.5. The lowest BCUT2D eigenvalue weighted by Gasteiger charge is -2.39. The predicted octanol–water partition coefficient (Wildman–Crippen LogP) is 5.27. The Morgan fingerprint density at radius 3 is 2.82 bits per heavy atom. The summed E-state index contributed by atoms with van der Waals surface area (Å²) < 4.78 is 0. The number of carbonyl (C=O) groups excluding carboxylic acids is 1. The van der Waals surface area contributed by atoms with E-state index in [1.807, 2.05) is 29.2 Å². The van der Waals surface area contributed by atoms with Crippen molar-refractivity contribution >= 4 is 34.4 Å². The van der Waals surface area contributed by atoms with Crippen molar-refractivity contribution in [2.45, 2.75) is 38.5 Å². The number of aryl methyl sites for hydroxylation is 1. The lowest BCUT2D eigenvalue weighted by Crippen LogP contribution is -2.38. The number of carbonyl (C=O) groups is 1. The fraction of sp³-hybridized carbons (Fsp3) is 0.273. The van der Waals surface area contributed by atoms with Gasteiger partial charge in [0.2, 0.25) is 0 Å². The average Bonchev–Trinajstić information content (AvgIpc) is 3.16. The zero-order valence-electron chi connectivity index (χ0n) is 15.5. The Hall–Kier alpha value is -2.55. The smallest absolute Gasteiger partial charge is 0.161 e. The minimum absolute atomic E-state index is 0.102. The van der Waals surface area contributed by atoms with Crippen LogP contribution in [-0.2, 0) is 11.2 Å². The molecule has 2 N–H and O–H groups in total. The molecule has 28 heavy (non-hydrogen) atoms. The number of anilines is 1. The molecule has 0 fully saturated rings. The summed E-state index contributed by atoms with van der Waals surface area (Å²) in [5, 5.41) is 10.6. The van der Waals surface area contributed by atoms with Crippen LogP contribution in [0.15, 0.2) is 59.1 Å². The fourth-order valence-corrected chi connectivity index (χ4v) is 5.28. The first-order valence-corrected chi connectivity index (χ1v) is 10.5. The molecule has 142 valence electrons. The molecule has 6 heteroatoms. The summed E-state index contributed by atoms with van der Waals surface area (Å²) in [4.78, 5) is 17.1. The van der Waals surface area contributed by atoms with Crippen LogP contribution in [-0.4, -0.2) is 5.78 Å². The molecule has 1 aliphatic carbocycles. The van der Waals surface area contributed by atoms with Gasteiger partial charge in [0.15, 0.2) is 5.78 Å². The third-order valence-electron chi connectivity index (χ3n) is 5.30. The van der Waals surface area contributed by atoms with Gasteiger partial charge in [0.1, 0.15) is 5.82 Å². The number of thiophene rings is 1. The molecule has 0 unspecified atom stereocenters. The zero-order valence-corrected chi connectivity index (χ0v) is 17.1. The van der Waals surface area contributed by atoms with Crippen molar-refractivity contribution in [1.29, 1.82) is 5.26 Å². The topological polar surface area (TPSA) is 70.1 Å². The molecule has 0 amide bonds. The lowest BCUT2D eigenvalue weighted by molar-refractivity contribution is -0.116. The first-order chi connectivity index (χ1) is 13.5. The number of nitrogens with zero attached hydrogens (tertiary/aromatic N) is 2. The van der Waals surface area contributed by atoms with Gasteiger partial charge < -0.3 is 5.73 Å². The molecule has 0 radical (unpaired) electrons. The van der Waals surface area contributed by atoms with Crippen LogP contribution in [0.3, 0.4) is 0 Å². The maximum Gasteiger partial charge on any atom is 0.161 e. The van der Waals surface area contributed by atoms with Gasteiger partial charge in [-0.3, -0.25) is 9.69 Å². The summed E-state index contributed by atoms with van der Waals surface area (Å²) in [5.74, 6) is 0.105. The third kappa shape index (κ3) is 3.03. The first kappa shape index (κ1) is 18.8. The van der Waals surface area contributed by atoms with Gasteiger partial charge in [-0.2, -0.15) is 5.26 Å². The Balaban J connectivity index is 1.95. The van der Waals surface area contributed by atoms with E-state index in [9.17, 15) is 10.1 Å². The molecule has 1 aromatic heterocycles. The highest BCUT2D eigenvalue weighted by molar-refractivity contribution is 7.12. The quantitative estimate of drug-likeness (QED) is 0.749. The van der Waals surface area contributed by atoms with Crippen molar-refractivity contribution in [3.8, 4) is 6.07 Å². The van der Waals surface area contributed by atoms with Crippen LogP contribution in [0.25, 0.3) is 0 Å². The molecule has 0 spiro atoms. The van der Waals surface area contributed by atoms with Crippen LogP contribution >= 0.6 is 22.9 Å². The van der Waals surface area contributed by atoms with Gasteiger partial charge in [0, 0.05) is 38.2 Å². The molecule has 1 aromatic carbocycles. The Morgan fingerprint density at radius 1 is 1.32 bits per heavy atom. The van der Waals surface area contributed by atoms with E-state index in [4.69, 9.17) is 17.3 Å². The molecule has 4 rings (SSSR count). The van der Waals surface area contributed by atoms with Crippen molar-refractivity contribution in [1.82, 2.24) is 0 Å². The van der Waals surface area contributed by atoms with E-state index in [1.165, 1.54) is 4.88 Å². The monoisotopic (exact) mass is 409 g/mol. The van der Waals surface area contributed by atoms with E-state index in [0.29, 0.717) is 28.4 Å². The molecule has 4 nitrogen and oxygen atoms in total. The number of rotatable bonds is 3.